The Morgan fingerprint density at radius 1 is 0.972 bits per heavy atom. The molecule has 0 radical (unpaired) electrons. The van der Waals surface area contributed by atoms with Crippen LogP contribution in [0.5, 0.6) is 11.5 Å². The molecule has 36 heavy (non-hydrogen) atoms. The van der Waals surface area contributed by atoms with E-state index in [2.05, 4.69) is 48.9 Å². The Balaban J connectivity index is 1.36. The van der Waals surface area contributed by atoms with Crippen molar-refractivity contribution in [3.05, 3.63) is 89.7 Å². The third-order valence-corrected chi connectivity index (χ3v) is 6.25. The minimum Gasteiger partial charge on any atom is -0.496 e. The lowest BCUT2D eigenvalue weighted by Gasteiger charge is -2.19. The minimum atomic E-state index is -0.133. The van der Waals surface area contributed by atoms with Gasteiger partial charge >= 0.3 is 0 Å². The number of imidazole rings is 1. The van der Waals surface area contributed by atoms with E-state index < -0.39 is 0 Å². The fourth-order valence-corrected chi connectivity index (χ4v) is 4.25. The SMILES string of the molecule is COc1ccccc1C(=O)NCCCc1nc2ccccc2n1CCOc1ccc(C(C)(C)C)cc1. The Bertz CT molecular complexity index is 1300. The van der Waals surface area contributed by atoms with E-state index in [0.29, 0.717) is 31.0 Å². The van der Waals surface area contributed by atoms with Crippen LogP contribution < -0.4 is 14.8 Å². The largest absolute Gasteiger partial charge is 0.496 e. The fraction of sp³-hybridized carbons (Fsp3) is 0.333. The monoisotopic (exact) mass is 485 g/mol. The summed E-state index contributed by atoms with van der Waals surface area (Å²) in [5.74, 6) is 2.30. The Labute approximate surface area is 213 Å². The van der Waals surface area contributed by atoms with E-state index in [1.807, 2.05) is 42.5 Å². The van der Waals surface area contributed by atoms with Crippen LogP contribution in [0.15, 0.2) is 72.8 Å². The molecular formula is C30H35N3O3. The predicted octanol–water partition coefficient (Wildman–Crippen LogP) is 5.78. The maximum Gasteiger partial charge on any atom is 0.255 e. The predicted molar refractivity (Wildman–Crippen MR) is 144 cm³/mol. The number of ether oxygens (including phenoxy) is 2. The van der Waals surface area contributed by atoms with Crippen molar-refractivity contribution in [3.8, 4) is 11.5 Å². The Hall–Kier alpha value is -3.80. The molecule has 0 aliphatic rings. The highest BCUT2D eigenvalue weighted by Crippen LogP contribution is 2.24. The van der Waals surface area contributed by atoms with Gasteiger partial charge in [0, 0.05) is 13.0 Å². The van der Waals surface area contributed by atoms with Gasteiger partial charge in [0.15, 0.2) is 0 Å². The fourth-order valence-electron chi connectivity index (χ4n) is 4.25. The Morgan fingerprint density at radius 3 is 2.44 bits per heavy atom. The van der Waals surface area contributed by atoms with E-state index in [1.54, 1.807) is 19.2 Å². The summed E-state index contributed by atoms with van der Waals surface area (Å²) in [5.41, 5.74) is 4.02. The Morgan fingerprint density at radius 2 is 1.69 bits per heavy atom. The average Bonchev–Trinajstić information content (AvgIpc) is 3.23. The van der Waals surface area contributed by atoms with Crippen molar-refractivity contribution in [1.29, 1.82) is 0 Å². The zero-order valence-electron chi connectivity index (χ0n) is 21.6. The van der Waals surface area contributed by atoms with E-state index in [9.17, 15) is 4.79 Å². The minimum absolute atomic E-state index is 0.121. The smallest absolute Gasteiger partial charge is 0.255 e. The number of hydrogen-bond acceptors (Lipinski definition) is 4. The van der Waals surface area contributed by atoms with Gasteiger partial charge < -0.3 is 19.4 Å². The second kappa shape index (κ2) is 11.3. The van der Waals surface area contributed by atoms with Crippen LogP contribution in [0.4, 0.5) is 0 Å². The summed E-state index contributed by atoms with van der Waals surface area (Å²) in [6.07, 6.45) is 1.53. The van der Waals surface area contributed by atoms with Crippen LogP contribution in [0.1, 0.15) is 48.9 Å². The van der Waals surface area contributed by atoms with E-state index in [1.165, 1.54) is 5.56 Å². The zero-order valence-corrected chi connectivity index (χ0v) is 21.6. The van der Waals surface area contributed by atoms with Gasteiger partial charge in [0.2, 0.25) is 0 Å². The summed E-state index contributed by atoms with van der Waals surface area (Å²) in [6, 6.07) is 23.7. The summed E-state index contributed by atoms with van der Waals surface area (Å²) in [4.78, 5) is 17.4. The summed E-state index contributed by atoms with van der Waals surface area (Å²) >= 11 is 0. The lowest BCUT2D eigenvalue weighted by atomic mass is 9.87. The summed E-state index contributed by atoms with van der Waals surface area (Å²) in [6.45, 7) is 8.42. The molecule has 6 heteroatoms. The first kappa shape index (κ1) is 25.3. The number of rotatable bonds is 10. The number of nitrogens with one attached hydrogen (secondary N) is 1. The molecule has 6 nitrogen and oxygen atoms in total. The molecule has 1 amide bonds. The highest BCUT2D eigenvalue weighted by molar-refractivity contribution is 5.96. The first-order valence-electron chi connectivity index (χ1n) is 12.5. The molecule has 1 N–H and O–H groups in total. The molecule has 4 aromatic rings. The quantitative estimate of drug-likeness (QED) is 0.289. The highest BCUT2D eigenvalue weighted by Gasteiger charge is 2.14. The van der Waals surface area contributed by atoms with Crippen LogP contribution in [0, 0.1) is 0 Å². The highest BCUT2D eigenvalue weighted by atomic mass is 16.5. The number of para-hydroxylation sites is 3. The van der Waals surface area contributed by atoms with Gasteiger partial charge in [-0.15, -0.1) is 0 Å². The van der Waals surface area contributed by atoms with Gasteiger partial charge in [-0.05, 0) is 53.8 Å². The van der Waals surface area contributed by atoms with Crippen molar-refractivity contribution in [3.63, 3.8) is 0 Å². The molecule has 4 rings (SSSR count). The van der Waals surface area contributed by atoms with Crippen molar-refractivity contribution in [2.75, 3.05) is 20.3 Å². The molecule has 0 bridgehead atoms. The van der Waals surface area contributed by atoms with Gasteiger partial charge in [-0.25, -0.2) is 4.98 Å². The number of fused-ring (bicyclic) bond motifs is 1. The molecule has 0 saturated carbocycles. The normalized spacial score (nSPS) is 11.4. The van der Waals surface area contributed by atoms with E-state index in [-0.39, 0.29) is 11.3 Å². The number of carbonyl (C=O) groups is 1. The number of aryl methyl sites for hydroxylation is 1. The van der Waals surface area contributed by atoms with Crippen molar-refractivity contribution in [2.24, 2.45) is 0 Å². The summed E-state index contributed by atoms with van der Waals surface area (Å²) < 4.78 is 13.6. The van der Waals surface area contributed by atoms with Crippen molar-refractivity contribution in [1.82, 2.24) is 14.9 Å². The zero-order chi connectivity index (χ0) is 25.5. The molecule has 1 heterocycles. The summed E-state index contributed by atoms with van der Waals surface area (Å²) in [7, 11) is 1.57. The van der Waals surface area contributed by atoms with Gasteiger partial charge in [-0.1, -0.05) is 57.2 Å². The van der Waals surface area contributed by atoms with Crippen molar-refractivity contribution >= 4 is 16.9 Å². The van der Waals surface area contributed by atoms with Gasteiger partial charge in [0.1, 0.15) is 23.9 Å². The number of benzene rings is 3. The number of amides is 1. The van der Waals surface area contributed by atoms with Crippen LogP contribution in [0.3, 0.4) is 0 Å². The van der Waals surface area contributed by atoms with Crippen molar-refractivity contribution < 1.29 is 14.3 Å². The van der Waals surface area contributed by atoms with Gasteiger partial charge in [-0.3, -0.25) is 4.79 Å². The molecule has 0 unspecified atom stereocenters. The number of carbonyl (C=O) groups excluding carboxylic acids is 1. The van der Waals surface area contributed by atoms with Crippen LogP contribution in [0.2, 0.25) is 0 Å². The van der Waals surface area contributed by atoms with Gasteiger partial charge in [0.05, 0.1) is 30.3 Å². The second-order valence-corrected chi connectivity index (χ2v) is 9.85. The third-order valence-electron chi connectivity index (χ3n) is 6.25. The molecule has 0 spiro atoms. The topological polar surface area (TPSA) is 65.4 Å². The molecule has 3 aromatic carbocycles. The summed E-state index contributed by atoms with van der Waals surface area (Å²) in [5, 5.41) is 3.00. The maximum atomic E-state index is 12.6. The number of nitrogens with zero attached hydrogens (tertiary/aromatic N) is 2. The average molecular weight is 486 g/mol. The van der Waals surface area contributed by atoms with Crippen LogP contribution >= 0.6 is 0 Å². The first-order chi connectivity index (χ1) is 17.4. The lowest BCUT2D eigenvalue weighted by Crippen LogP contribution is -2.25. The maximum absolute atomic E-state index is 12.6. The number of methoxy groups -OCH3 is 1. The van der Waals surface area contributed by atoms with E-state index in [0.717, 1.165) is 35.4 Å². The van der Waals surface area contributed by atoms with Gasteiger partial charge in [0.25, 0.3) is 5.91 Å². The molecule has 1 aromatic heterocycles. The van der Waals surface area contributed by atoms with Crippen LogP contribution in [-0.4, -0.2) is 35.7 Å². The second-order valence-electron chi connectivity index (χ2n) is 9.85. The number of hydrogen-bond donors (Lipinski definition) is 1. The molecule has 0 saturated heterocycles. The number of aromatic nitrogens is 2. The van der Waals surface area contributed by atoms with Crippen LogP contribution in [0.25, 0.3) is 11.0 Å². The molecule has 0 aliphatic carbocycles. The van der Waals surface area contributed by atoms with E-state index in [4.69, 9.17) is 14.5 Å². The first-order valence-corrected chi connectivity index (χ1v) is 12.5. The van der Waals surface area contributed by atoms with Gasteiger partial charge in [-0.2, -0.15) is 0 Å². The van der Waals surface area contributed by atoms with E-state index >= 15 is 0 Å². The van der Waals surface area contributed by atoms with Crippen LogP contribution in [-0.2, 0) is 18.4 Å². The van der Waals surface area contributed by atoms with Crippen molar-refractivity contribution in [2.45, 2.75) is 45.6 Å². The lowest BCUT2D eigenvalue weighted by molar-refractivity contribution is 0.0950. The molecule has 0 aliphatic heterocycles. The molecule has 188 valence electrons. The molecule has 0 fully saturated rings. The molecular weight excluding hydrogens is 450 g/mol. The molecule has 0 atom stereocenters. The standard InChI is InChI=1S/C30H35N3O3/c1-30(2,3)22-15-17-23(18-16-22)36-21-20-33-26-12-7-6-11-25(26)32-28(33)14-9-19-31-29(34)24-10-5-8-13-27(24)35-4/h5-8,10-13,15-18H,9,14,19-21H2,1-4H3,(H,31,34). The third kappa shape index (κ3) is 6.06. The Kier molecular flexibility index (Phi) is 7.93.